The first-order chi connectivity index (χ1) is 17.5. The normalized spacial score (nSPS) is 11.4. The van der Waals surface area contributed by atoms with Crippen LogP contribution in [0.5, 0.6) is 17.2 Å². The number of benzene rings is 3. The molecule has 0 radical (unpaired) electrons. The number of nitrogens with zero attached hydrogens (tertiary/aromatic N) is 2. The number of rotatable bonds is 8. The molecule has 37 heavy (non-hydrogen) atoms. The van der Waals surface area contributed by atoms with E-state index in [1.165, 1.54) is 30.3 Å². The molecule has 0 atom stereocenters. The van der Waals surface area contributed by atoms with Crippen molar-refractivity contribution >= 4 is 35.0 Å². The van der Waals surface area contributed by atoms with Crippen LogP contribution in [0.15, 0.2) is 66.2 Å². The number of alkyl halides is 3. The Morgan fingerprint density at radius 2 is 1.86 bits per heavy atom. The summed E-state index contributed by atoms with van der Waals surface area (Å²) in [4.78, 5) is 22.9. The number of hydrogen-bond donors (Lipinski definition) is 1. The Morgan fingerprint density at radius 3 is 2.49 bits per heavy atom. The van der Waals surface area contributed by atoms with Crippen molar-refractivity contribution in [2.75, 3.05) is 11.9 Å². The van der Waals surface area contributed by atoms with E-state index in [-0.39, 0.29) is 23.7 Å². The zero-order valence-corrected chi connectivity index (χ0v) is 19.8. The molecule has 0 saturated heterocycles. The fraction of sp³-hybridized carbons (Fsp3) is 0.120. The summed E-state index contributed by atoms with van der Waals surface area (Å²) in [5, 5.41) is 23.8. The SMILES string of the molecule is CCOc1cc(/C=C(\C#N)C(=O)Nc2cccc(Cl)c2)ccc1Oc1ccc(C(F)(F)F)cc1[N+](=O)[O-]. The number of nitro benzene ring substituents is 1. The summed E-state index contributed by atoms with van der Waals surface area (Å²) in [6, 6.07) is 14.3. The fourth-order valence-corrected chi connectivity index (χ4v) is 3.28. The van der Waals surface area contributed by atoms with Crippen LogP contribution in [0, 0.1) is 21.4 Å². The highest BCUT2D eigenvalue weighted by molar-refractivity contribution is 6.31. The van der Waals surface area contributed by atoms with E-state index >= 15 is 0 Å². The van der Waals surface area contributed by atoms with Gasteiger partial charge in [0.2, 0.25) is 5.75 Å². The third-order valence-corrected chi connectivity index (χ3v) is 4.96. The monoisotopic (exact) mass is 531 g/mol. The summed E-state index contributed by atoms with van der Waals surface area (Å²) in [6.45, 7) is 1.81. The minimum atomic E-state index is -4.77. The van der Waals surface area contributed by atoms with Crippen LogP contribution in [0.2, 0.25) is 5.02 Å². The first-order valence-electron chi connectivity index (χ1n) is 10.5. The lowest BCUT2D eigenvalue weighted by atomic mass is 10.1. The molecule has 3 aromatic rings. The molecular formula is C25H17ClF3N3O5. The van der Waals surface area contributed by atoms with Gasteiger partial charge in [0.1, 0.15) is 11.6 Å². The van der Waals surface area contributed by atoms with Gasteiger partial charge in [-0.2, -0.15) is 18.4 Å². The maximum atomic E-state index is 13.0. The van der Waals surface area contributed by atoms with Gasteiger partial charge in [0.15, 0.2) is 11.5 Å². The Balaban J connectivity index is 1.92. The van der Waals surface area contributed by atoms with Gasteiger partial charge < -0.3 is 14.8 Å². The second-order valence-electron chi connectivity index (χ2n) is 7.31. The van der Waals surface area contributed by atoms with Crippen molar-refractivity contribution < 1.29 is 32.4 Å². The van der Waals surface area contributed by atoms with Crippen molar-refractivity contribution in [2.24, 2.45) is 0 Å². The van der Waals surface area contributed by atoms with Crippen molar-refractivity contribution in [1.29, 1.82) is 5.26 Å². The van der Waals surface area contributed by atoms with E-state index in [0.29, 0.717) is 28.4 Å². The number of nitrogens with one attached hydrogen (secondary N) is 1. The standard InChI is InChI=1S/C25H17ClF3N3O5/c1-2-36-23-11-15(10-16(14-30)24(33)31-19-5-3-4-18(26)13-19)6-8-22(23)37-21-9-7-17(25(27,28)29)12-20(21)32(34)35/h3-13H,2H2,1H3,(H,31,33)/b16-10+. The van der Waals surface area contributed by atoms with Gasteiger partial charge in [-0.3, -0.25) is 14.9 Å². The van der Waals surface area contributed by atoms with Crippen LogP contribution in [0.25, 0.3) is 6.08 Å². The molecule has 1 N–H and O–H groups in total. The number of nitro groups is 1. The molecule has 0 bridgehead atoms. The zero-order valence-electron chi connectivity index (χ0n) is 19.0. The molecule has 8 nitrogen and oxygen atoms in total. The molecule has 0 fully saturated rings. The highest BCUT2D eigenvalue weighted by Crippen LogP contribution is 2.40. The Labute approximate surface area is 213 Å². The van der Waals surface area contributed by atoms with E-state index in [9.17, 15) is 33.3 Å². The Hall–Kier alpha value is -4.56. The van der Waals surface area contributed by atoms with Crippen LogP contribution in [-0.4, -0.2) is 17.4 Å². The van der Waals surface area contributed by atoms with E-state index in [1.54, 1.807) is 31.2 Å². The lowest BCUT2D eigenvalue weighted by molar-refractivity contribution is -0.385. The molecule has 0 aliphatic carbocycles. The van der Waals surface area contributed by atoms with E-state index in [1.807, 2.05) is 0 Å². The van der Waals surface area contributed by atoms with Crippen LogP contribution in [0.4, 0.5) is 24.5 Å². The first kappa shape index (κ1) is 27.0. The van der Waals surface area contributed by atoms with Crippen molar-refractivity contribution in [3.63, 3.8) is 0 Å². The van der Waals surface area contributed by atoms with Crippen LogP contribution < -0.4 is 14.8 Å². The molecule has 1 amide bonds. The molecule has 0 spiro atoms. The molecule has 12 heteroatoms. The number of carbonyl (C=O) groups excluding carboxylic acids is 1. The van der Waals surface area contributed by atoms with Crippen LogP contribution >= 0.6 is 11.6 Å². The van der Waals surface area contributed by atoms with Gasteiger partial charge in [0, 0.05) is 16.8 Å². The van der Waals surface area contributed by atoms with E-state index < -0.39 is 34.0 Å². The minimum absolute atomic E-state index is 0.0243. The summed E-state index contributed by atoms with van der Waals surface area (Å²) in [6.07, 6.45) is -3.49. The highest BCUT2D eigenvalue weighted by atomic mass is 35.5. The smallest absolute Gasteiger partial charge is 0.416 e. The number of amides is 1. The molecule has 0 aromatic heterocycles. The zero-order chi connectivity index (χ0) is 27.2. The Bertz CT molecular complexity index is 1420. The topological polar surface area (TPSA) is 114 Å². The molecule has 0 heterocycles. The maximum absolute atomic E-state index is 13.0. The third kappa shape index (κ3) is 6.99. The van der Waals surface area contributed by atoms with Crippen molar-refractivity contribution in [1.82, 2.24) is 0 Å². The number of ether oxygens (including phenoxy) is 2. The predicted molar refractivity (Wildman–Crippen MR) is 129 cm³/mol. The number of anilines is 1. The fourth-order valence-electron chi connectivity index (χ4n) is 3.09. The van der Waals surface area contributed by atoms with Gasteiger partial charge in [-0.15, -0.1) is 0 Å². The maximum Gasteiger partial charge on any atom is 0.416 e. The molecule has 190 valence electrons. The van der Waals surface area contributed by atoms with E-state index in [4.69, 9.17) is 21.1 Å². The van der Waals surface area contributed by atoms with E-state index in [0.717, 1.165) is 6.07 Å². The number of hydrogen-bond acceptors (Lipinski definition) is 6. The van der Waals surface area contributed by atoms with Gasteiger partial charge in [-0.25, -0.2) is 0 Å². The molecule has 3 aromatic carbocycles. The summed E-state index contributed by atoms with van der Waals surface area (Å²) < 4.78 is 50.0. The third-order valence-electron chi connectivity index (χ3n) is 4.73. The molecular weight excluding hydrogens is 515 g/mol. The summed E-state index contributed by atoms with van der Waals surface area (Å²) in [5.74, 6) is -1.06. The molecule has 0 unspecified atom stereocenters. The summed E-state index contributed by atoms with van der Waals surface area (Å²) >= 11 is 5.90. The lowest BCUT2D eigenvalue weighted by Gasteiger charge is -2.14. The van der Waals surface area contributed by atoms with Gasteiger partial charge in [-0.1, -0.05) is 23.7 Å². The second-order valence-corrected chi connectivity index (χ2v) is 7.75. The van der Waals surface area contributed by atoms with Gasteiger partial charge in [0.05, 0.1) is 17.1 Å². The highest BCUT2D eigenvalue weighted by Gasteiger charge is 2.33. The van der Waals surface area contributed by atoms with Crippen molar-refractivity contribution in [2.45, 2.75) is 13.1 Å². The molecule has 0 saturated carbocycles. The van der Waals surface area contributed by atoms with Gasteiger partial charge in [0.25, 0.3) is 5.91 Å². The molecule has 0 aliphatic heterocycles. The Morgan fingerprint density at radius 1 is 1.14 bits per heavy atom. The van der Waals surface area contributed by atoms with Crippen molar-refractivity contribution in [3.05, 3.63) is 92.5 Å². The average Bonchev–Trinajstić information content (AvgIpc) is 2.83. The minimum Gasteiger partial charge on any atom is -0.490 e. The number of nitriles is 1. The van der Waals surface area contributed by atoms with Crippen molar-refractivity contribution in [3.8, 4) is 23.3 Å². The summed E-state index contributed by atoms with van der Waals surface area (Å²) in [7, 11) is 0. The Kier molecular flexibility index (Phi) is 8.37. The second kappa shape index (κ2) is 11.5. The largest absolute Gasteiger partial charge is 0.490 e. The lowest BCUT2D eigenvalue weighted by Crippen LogP contribution is -2.13. The molecule has 3 rings (SSSR count). The quantitative estimate of drug-likeness (QED) is 0.145. The van der Waals surface area contributed by atoms with Gasteiger partial charge in [-0.05, 0) is 61.0 Å². The van der Waals surface area contributed by atoms with Crippen LogP contribution in [0.3, 0.4) is 0 Å². The summed E-state index contributed by atoms with van der Waals surface area (Å²) in [5.41, 5.74) is -1.58. The predicted octanol–water partition coefficient (Wildman–Crippen LogP) is 7.00. The van der Waals surface area contributed by atoms with Gasteiger partial charge >= 0.3 is 11.9 Å². The van der Waals surface area contributed by atoms with Crippen LogP contribution in [0.1, 0.15) is 18.1 Å². The molecule has 0 aliphatic rings. The number of halogens is 4. The first-order valence-corrected chi connectivity index (χ1v) is 10.9. The number of carbonyl (C=O) groups is 1. The van der Waals surface area contributed by atoms with E-state index in [2.05, 4.69) is 5.32 Å². The van der Waals surface area contributed by atoms with Crippen LogP contribution in [-0.2, 0) is 11.0 Å². The average molecular weight is 532 g/mol.